The first kappa shape index (κ1) is 8.45. The van der Waals surface area contributed by atoms with Crippen molar-refractivity contribution in [2.75, 3.05) is 14.2 Å². The highest BCUT2D eigenvalue weighted by atomic mass is 16.5. The molecule has 0 fully saturated rings. The Hall–Kier alpha value is -1.65. The monoisotopic (exact) mass is 167 g/mol. The molecular weight excluding hydrogens is 158 g/mol. The molecule has 1 amide bonds. The van der Waals surface area contributed by atoms with Crippen LogP contribution in [0, 0.1) is 0 Å². The molecule has 0 saturated carbocycles. The number of methoxy groups -OCH3 is 1. The summed E-state index contributed by atoms with van der Waals surface area (Å²) in [6, 6.07) is 0. The Morgan fingerprint density at radius 1 is 1.50 bits per heavy atom. The van der Waals surface area contributed by atoms with Crippen molar-refractivity contribution in [3.8, 4) is 5.75 Å². The van der Waals surface area contributed by atoms with Gasteiger partial charge in [0.2, 0.25) is 5.82 Å². The van der Waals surface area contributed by atoms with Crippen LogP contribution in [0.3, 0.4) is 0 Å². The predicted molar refractivity (Wildman–Crippen MR) is 42.0 cm³/mol. The number of amides is 1. The summed E-state index contributed by atoms with van der Waals surface area (Å²) in [7, 11) is 3.04. The van der Waals surface area contributed by atoms with E-state index in [0.717, 1.165) is 0 Å². The van der Waals surface area contributed by atoms with Crippen molar-refractivity contribution < 1.29 is 9.53 Å². The molecule has 1 aromatic heterocycles. The van der Waals surface area contributed by atoms with E-state index in [1.54, 1.807) is 0 Å². The summed E-state index contributed by atoms with van der Waals surface area (Å²) >= 11 is 0. The van der Waals surface area contributed by atoms with Crippen LogP contribution in [-0.4, -0.2) is 30.0 Å². The molecule has 0 aliphatic rings. The largest absolute Gasteiger partial charge is 0.494 e. The molecule has 0 aromatic carbocycles. The molecule has 12 heavy (non-hydrogen) atoms. The molecule has 5 heteroatoms. The van der Waals surface area contributed by atoms with Crippen LogP contribution in [0.15, 0.2) is 12.4 Å². The van der Waals surface area contributed by atoms with E-state index in [2.05, 4.69) is 15.3 Å². The maximum Gasteiger partial charge on any atom is 0.288 e. The first-order valence-electron chi connectivity index (χ1n) is 3.36. The highest BCUT2D eigenvalue weighted by Crippen LogP contribution is 2.03. The summed E-state index contributed by atoms with van der Waals surface area (Å²) in [5.74, 6) is 0.360. The second-order valence-corrected chi connectivity index (χ2v) is 2.03. The van der Waals surface area contributed by atoms with Crippen LogP contribution in [0.25, 0.3) is 0 Å². The first-order chi connectivity index (χ1) is 5.77. The van der Waals surface area contributed by atoms with Gasteiger partial charge in [0.05, 0.1) is 19.5 Å². The summed E-state index contributed by atoms with van der Waals surface area (Å²) < 4.78 is 4.83. The Bertz CT molecular complexity index is 270. The fourth-order valence-corrected chi connectivity index (χ4v) is 0.651. The third-order valence-electron chi connectivity index (χ3n) is 1.29. The quantitative estimate of drug-likeness (QED) is 0.665. The second kappa shape index (κ2) is 3.66. The molecule has 0 atom stereocenters. The van der Waals surface area contributed by atoms with Gasteiger partial charge in [0.1, 0.15) is 0 Å². The van der Waals surface area contributed by atoms with Gasteiger partial charge in [0, 0.05) is 7.05 Å². The van der Waals surface area contributed by atoms with Crippen molar-refractivity contribution in [2.45, 2.75) is 0 Å². The zero-order chi connectivity index (χ0) is 8.97. The summed E-state index contributed by atoms with van der Waals surface area (Å²) in [6.45, 7) is 0. The highest BCUT2D eigenvalue weighted by molar-refractivity contribution is 5.90. The van der Waals surface area contributed by atoms with E-state index >= 15 is 0 Å². The third kappa shape index (κ3) is 1.69. The standard InChI is InChI=1S/C7H9N3O2/c1-8-7(11)6-9-3-5(12-2)4-10-6/h3-4H,1-2H3,(H,8,11). The normalized spacial score (nSPS) is 9.17. The van der Waals surface area contributed by atoms with Gasteiger partial charge >= 0.3 is 0 Å². The van der Waals surface area contributed by atoms with Gasteiger partial charge in [0.15, 0.2) is 5.75 Å². The molecule has 1 aromatic rings. The average Bonchev–Trinajstić information content (AvgIpc) is 2.17. The number of hydrogen-bond acceptors (Lipinski definition) is 4. The highest BCUT2D eigenvalue weighted by Gasteiger charge is 2.05. The SMILES string of the molecule is CNC(=O)c1ncc(OC)cn1. The van der Waals surface area contributed by atoms with Crippen LogP contribution < -0.4 is 10.1 Å². The van der Waals surface area contributed by atoms with E-state index < -0.39 is 0 Å². The molecule has 5 nitrogen and oxygen atoms in total. The van der Waals surface area contributed by atoms with Gasteiger partial charge in [0.25, 0.3) is 5.91 Å². The van der Waals surface area contributed by atoms with Crippen molar-refractivity contribution in [3.05, 3.63) is 18.2 Å². The average molecular weight is 167 g/mol. The van der Waals surface area contributed by atoms with Crippen LogP contribution >= 0.6 is 0 Å². The minimum absolute atomic E-state index is 0.137. The number of ether oxygens (including phenoxy) is 1. The molecular formula is C7H9N3O2. The molecule has 1 heterocycles. The molecule has 0 bridgehead atoms. The Morgan fingerprint density at radius 3 is 2.50 bits per heavy atom. The minimum Gasteiger partial charge on any atom is -0.494 e. The van der Waals surface area contributed by atoms with E-state index in [-0.39, 0.29) is 11.7 Å². The predicted octanol–water partition coefficient (Wildman–Crippen LogP) is -0.155. The Kier molecular flexibility index (Phi) is 2.57. The van der Waals surface area contributed by atoms with E-state index in [4.69, 9.17) is 4.74 Å². The third-order valence-corrected chi connectivity index (χ3v) is 1.29. The van der Waals surface area contributed by atoms with Crippen LogP contribution in [0.1, 0.15) is 10.6 Å². The van der Waals surface area contributed by atoms with Crippen LogP contribution in [0.5, 0.6) is 5.75 Å². The van der Waals surface area contributed by atoms with Gasteiger partial charge in [-0.2, -0.15) is 0 Å². The lowest BCUT2D eigenvalue weighted by atomic mass is 10.5. The fourth-order valence-electron chi connectivity index (χ4n) is 0.651. The molecule has 64 valence electrons. The molecule has 0 aliphatic heterocycles. The smallest absolute Gasteiger partial charge is 0.288 e. The maximum atomic E-state index is 10.9. The summed E-state index contributed by atoms with van der Waals surface area (Å²) in [5.41, 5.74) is 0. The second-order valence-electron chi connectivity index (χ2n) is 2.03. The Morgan fingerprint density at radius 2 is 2.08 bits per heavy atom. The van der Waals surface area contributed by atoms with Crippen molar-refractivity contribution in [1.82, 2.24) is 15.3 Å². The number of nitrogens with one attached hydrogen (secondary N) is 1. The van der Waals surface area contributed by atoms with E-state index in [0.29, 0.717) is 5.75 Å². The van der Waals surface area contributed by atoms with Gasteiger partial charge in [-0.15, -0.1) is 0 Å². The van der Waals surface area contributed by atoms with Gasteiger partial charge in [-0.25, -0.2) is 9.97 Å². The fraction of sp³-hybridized carbons (Fsp3) is 0.286. The summed E-state index contributed by atoms with van der Waals surface area (Å²) in [5, 5.41) is 2.41. The zero-order valence-corrected chi connectivity index (χ0v) is 6.87. The van der Waals surface area contributed by atoms with Crippen LogP contribution in [-0.2, 0) is 0 Å². The molecule has 0 radical (unpaired) electrons. The molecule has 0 saturated heterocycles. The van der Waals surface area contributed by atoms with E-state index in [1.165, 1.54) is 26.6 Å². The maximum absolute atomic E-state index is 10.9. The molecule has 1 N–H and O–H groups in total. The van der Waals surface area contributed by atoms with Gasteiger partial charge < -0.3 is 10.1 Å². The van der Waals surface area contributed by atoms with Crippen molar-refractivity contribution in [3.63, 3.8) is 0 Å². The van der Waals surface area contributed by atoms with Crippen LogP contribution in [0.2, 0.25) is 0 Å². The molecule has 0 unspecified atom stereocenters. The van der Waals surface area contributed by atoms with Gasteiger partial charge in [-0.1, -0.05) is 0 Å². The Balaban J connectivity index is 2.84. The Labute approximate surface area is 69.8 Å². The number of nitrogens with zero attached hydrogens (tertiary/aromatic N) is 2. The molecule has 0 spiro atoms. The van der Waals surface area contributed by atoms with Crippen molar-refractivity contribution in [1.29, 1.82) is 0 Å². The first-order valence-corrected chi connectivity index (χ1v) is 3.36. The lowest BCUT2D eigenvalue weighted by Crippen LogP contribution is -2.20. The van der Waals surface area contributed by atoms with Crippen LogP contribution in [0.4, 0.5) is 0 Å². The van der Waals surface area contributed by atoms with Crippen molar-refractivity contribution >= 4 is 5.91 Å². The molecule has 0 aliphatic carbocycles. The lowest BCUT2D eigenvalue weighted by Gasteiger charge is -1.99. The molecule has 1 rings (SSSR count). The van der Waals surface area contributed by atoms with E-state index in [1.807, 2.05) is 0 Å². The number of aromatic nitrogens is 2. The number of carbonyl (C=O) groups is 1. The zero-order valence-electron chi connectivity index (χ0n) is 6.87. The summed E-state index contributed by atoms with van der Waals surface area (Å²) in [4.78, 5) is 18.5. The van der Waals surface area contributed by atoms with Gasteiger partial charge in [-0.3, -0.25) is 4.79 Å². The summed E-state index contributed by atoms with van der Waals surface area (Å²) in [6.07, 6.45) is 2.88. The number of hydrogen-bond donors (Lipinski definition) is 1. The number of carbonyl (C=O) groups excluding carboxylic acids is 1. The number of rotatable bonds is 2. The van der Waals surface area contributed by atoms with Gasteiger partial charge in [-0.05, 0) is 0 Å². The topological polar surface area (TPSA) is 64.1 Å². The lowest BCUT2D eigenvalue weighted by molar-refractivity contribution is 0.0952. The van der Waals surface area contributed by atoms with E-state index in [9.17, 15) is 4.79 Å². The minimum atomic E-state index is -0.308. The van der Waals surface area contributed by atoms with Crippen molar-refractivity contribution in [2.24, 2.45) is 0 Å².